The number of esters is 1. The maximum atomic E-state index is 13.0. The number of nitro groups is 1. The van der Waals surface area contributed by atoms with Crippen LogP contribution in [-0.4, -0.2) is 17.5 Å². The van der Waals surface area contributed by atoms with Gasteiger partial charge in [0.1, 0.15) is 0 Å². The molecule has 2 aromatic rings. The van der Waals surface area contributed by atoms with E-state index in [1.165, 1.54) is 12.1 Å². The zero-order chi connectivity index (χ0) is 21.7. The summed E-state index contributed by atoms with van der Waals surface area (Å²) in [6.07, 6.45) is 3.72. The molecule has 0 radical (unpaired) electrons. The van der Waals surface area contributed by atoms with Crippen molar-refractivity contribution in [2.45, 2.75) is 26.3 Å². The van der Waals surface area contributed by atoms with Crippen molar-refractivity contribution < 1.29 is 31.4 Å². The van der Waals surface area contributed by atoms with Gasteiger partial charge in [0.25, 0.3) is 5.69 Å². The van der Waals surface area contributed by atoms with Gasteiger partial charge in [-0.1, -0.05) is 18.2 Å². The Morgan fingerprint density at radius 3 is 2.61 bits per heavy atom. The number of carbonyl (C=O) groups is 1. The summed E-state index contributed by atoms with van der Waals surface area (Å²) in [4.78, 5) is 23.8. The fourth-order valence-corrected chi connectivity index (χ4v) is 3.49. The summed E-state index contributed by atoms with van der Waals surface area (Å²) in [5.74, 6) is -1.33. The number of nitriles is 1. The van der Waals surface area contributed by atoms with E-state index < -0.39 is 16.8 Å². The van der Waals surface area contributed by atoms with Gasteiger partial charge < -0.3 is 22.5 Å². The number of pyridine rings is 1. The number of aromatic nitrogens is 1. The van der Waals surface area contributed by atoms with Crippen LogP contribution in [0.5, 0.6) is 0 Å². The smallest absolute Gasteiger partial charge is 0.337 e. The minimum absolute atomic E-state index is 0. The number of nitrogens with one attached hydrogen (secondary N) is 1. The molecule has 0 saturated heterocycles. The summed E-state index contributed by atoms with van der Waals surface area (Å²) in [7, 11) is 0. The summed E-state index contributed by atoms with van der Waals surface area (Å²) in [5, 5.41) is 24.3. The second-order valence-electron chi connectivity index (χ2n) is 6.72. The van der Waals surface area contributed by atoms with E-state index in [1.807, 2.05) is 35.2 Å². The highest BCUT2D eigenvalue weighted by Gasteiger charge is 2.37. The van der Waals surface area contributed by atoms with Crippen molar-refractivity contribution in [1.29, 1.82) is 5.26 Å². The first kappa shape index (κ1) is 23.6. The zero-order valence-corrected chi connectivity index (χ0v) is 17.8. The number of nitrogens with zero attached hydrogens (tertiary/aromatic N) is 3. The topological polar surface area (TPSA) is 109 Å². The minimum atomic E-state index is -0.769. The van der Waals surface area contributed by atoms with Gasteiger partial charge in [-0.25, -0.2) is 4.79 Å². The average molecular weight is 441 g/mol. The van der Waals surface area contributed by atoms with Gasteiger partial charge in [-0.3, -0.25) is 10.1 Å². The molecule has 1 N–H and O–H groups in total. The van der Waals surface area contributed by atoms with Gasteiger partial charge in [0, 0.05) is 30.0 Å². The highest BCUT2D eigenvalue weighted by atomic mass is 35.5. The number of allylic oxidation sites excluding steroid dienone is 3. The number of dihydropyridines is 1. The number of nitro benzene ring substituents is 1. The molecule has 0 saturated carbocycles. The van der Waals surface area contributed by atoms with E-state index in [0.29, 0.717) is 29.1 Å². The van der Waals surface area contributed by atoms with Gasteiger partial charge in [-0.05, 0) is 19.4 Å². The molecule has 31 heavy (non-hydrogen) atoms. The molecule has 1 atom stereocenters. The average Bonchev–Trinajstić information content (AvgIpc) is 2.74. The van der Waals surface area contributed by atoms with Crippen molar-refractivity contribution in [3.05, 3.63) is 93.1 Å². The van der Waals surface area contributed by atoms with Crippen LogP contribution in [0.1, 0.15) is 25.3 Å². The largest absolute Gasteiger partial charge is 1.00 e. The number of rotatable bonds is 6. The van der Waals surface area contributed by atoms with Gasteiger partial charge in [0.05, 0.1) is 40.4 Å². The molecule has 1 aliphatic rings. The molecular weight excluding hydrogens is 420 g/mol. The van der Waals surface area contributed by atoms with Crippen molar-refractivity contribution in [3.8, 4) is 6.07 Å². The Morgan fingerprint density at radius 2 is 2.00 bits per heavy atom. The molecule has 1 aliphatic heterocycles. The third kappa shape index (κ3) is 5.08. The van der Waals surface area contributed by atoms with Crippen LogP contribution in [0.3, 0.4) is 0 Å². The Kier molecular flexibility index (Phi) is 7.88. The molecule has 1 aromatic carbocycles. The number of halogens is 1. The molecule has 2 heterocycles. The summed E-state index contributed by atoms with van der Waals surface area (Å²) >= 11 is 0. The van der Waals surface area contributed by atoms with Gasteiger partial charge >= 0.3 is 5.97 Å². The second kappa shape index (κ2) is 10.4. The van der Waals surface area contributed by atoms with Crippen LogP contribution >= 0.6 is 0 Å². The predicted octanol–water partition coefficient (Wildman–Crippen LogP) is -0.112. The molecule has 0 spiro atoms. The number of carbonyl (C=O) groups excluding carboxylic acids is 1. The van der Waals surface area contributed by atoms with E-state index >= 15 is 0 Å². The molecule has 0 fully saturated rings. The van der Waals surface area contributed by atoms with Gasteiger partial charge in [-0.15, -0.1) is 0 Å². The third-order valence-corrected chi connectivity index (χ3v) is 4.79. The molecular formula is C22H21ClN4O4. The Bertz CT molecular complexity index is 1090. The zero-order valence-electron chi connectivity index (χ0n) is 17.0. The van der Waals surface area contributed by atoms with Crippen molar-refractivity contribution in [3.63, 3.8) is 0 Å². The van der Waals surface area contributed by atoms with Crippen molar-refractivity contribution in [2.24, 2.45) is 0 Å². The summed E-state index contributed by atoms with van der Waals surface area (Å²) in [6.45, 7) is 3.96. The van der Waals surface area contributed by atoms with Crippen molar-refractivity contribution in [2.75, 3.05) is 6.61 Å². The van der Waals surface area contributed by atoms with Crippen LogP contribution in [0, 0.1) is 21.4 Å². The van der Waals surface area contributed by atoms with Gasteiger partial charge in [0.2, 0.25) is 0 Å². The van der Waals surface area contributed by atoms with E-state index in [2.05, 4.69) is 11.4 Å². The Hall–Kier alpha value is -3.70. The standard InChI is InChI=1S/C22H20N4O4.ClH/c1-3-30-22(27)21-19(14-25-10-5-4-6-11-25)24-15(2)18(13-23)20(21)16-8-7-9-17(12-16)26(28)29;/h4-12,20H,3,14H2,1-2H3;1H. The second-order valence-corrected chi connectivity index (χ2v) is 6.72. The molecule has 1 aromatic heterocycles. The van der Waals surface area contributed by atoms with Crippen LogP contribution in [0.25, 0.3) is 0 Å². The summed E-state index contributed by atoms with van der Waals surface area (Å²) in [6, 6.07) is 13.8. The molecule has 0 amide bonds. The first-order valence-corrected chi connectivity index (χ1v) is 9.42. The lowest BCUT2D eigenvalue weighted by atomic mass is 9.80. The van der Waals surface area contributed by atoms with Crippen LogP contribution in [0.4, 0.5) is 5.69 Å². The molecule has 1 unspecified atom stereocenters. The van der Waals surface area contributed by atoms with E-state index in [-0.39, 0.29) is 30.3 Å². The molecule has 160 valence electrons. The number of benzene rings is 1. The van der Waals surface area contributed by atoms with Gasteiger partial charge in [-0.2, -0.15) is 9.83 Å². The van der Waals surface area contributed by atoms with Gasteiger partial charge in [0.15, 0.2) is 18.9 Å². The maximum Gasteiger partial charge on any atom is 0.337 e. The summed E-state index contributed by atoms with van der Waals surface area (Å²) < 4.78 is 7.18. The summed E-state index contributed by atoms with van der Waals surface area (Å²) in [5.41, 5.74) is 2.14. The highest BCUT2D eigenvalue weighted by molar-refractivity contribution is 5.93. The van der Waals surface area contributed by atoms with E-state index in [0.717, 1.165) is 0 Å². The lowest BCUT2D eigenvalue weighted by Gasteiger charge is -2.28. The lowest BCUT2D eigenvalue weighted by Crippen LogP contribution is -3.00. The van der Waals surface area contributed by atoms with Crippen molar-refractivity contribution >= 4 is 11.7 Å². The Morgan fingerprint density at radius 1 is 1.29 bits per heavy atom. The first-order valence-electron chi connectivity index (χ1n) is 9.42. The fourth-order valence-electron chi connectivity index (χ4n) is 3.49. The van der Waals surface area contributed by atoms with Crippen LogP contribution in [0.15, 0.2) is 77.4 Å². The third-order valence-electron chi connectivity index (χ3n) is 4.79. The Labute approximate surface area is 186 Å². The molecule has 3 rings (SSSR count). The van der Waals surface area contributed by atoms with Crippen molar-refractivity contribution in [1.82, 2.24) is 5.32 Å². The molecule has 0 bridgehead atoms. The van der Waals surface area contributed by atoms with E-state index in [9.17, 15) is 20.2 Å². The van der Waals surface area contributed by atoms with Crippen LogP contribution < -0.4 is 22.3 Å². The first-order chi connectivity index (χ1) is 14.5. The highest BCUT2D eigenvalue weighted by Crippen LogP contribution is 2.39. The number of ether oxygens (including phenoxy) is 1. The fraction of sp³-hybridized carbons (Fsp3) is 0.227. The molecule has 9 heteroatoms. The Balaban J connectivity index is 0.00000341. The number of hydrogen-bond donors (Lipinski definition) is 1. The van der Waals surface area contributed by atoms with Crippen LogP contribution in [-0.2, 0) is 16.1 Å². The molecule has 0 aliphatic carbocycles. The maximum absolute atomic E-state index is 13.0. The number of non-ortho nitro benzene ring substituents is 1. The van der Waals surface area contributed by atoms with Crippen LogP contribution in [0.2, 0.25) is 0 Å². The number of hydrogen-bond acceptors (Lipinski definition) is 6. The minimum Gasteiger partial charge on any atom is -1.00 e. The van der Waals surface area contributed by atoms with E-state index in [1.54, 1.807) is 26.0 Å². The quantitative estimate of drug-likeness (QED) is 0.290. The normalized spacial score (nSPS) is 15.5. The predicted molar refractivity (Wildman–Crippen MR) is 108 cm³/mol. The SMILES string of the molecule is CCOC(=O)C1=C(C[n+]2ccccc2)NC(C)=C(C#N)C1c1cccc([N+](=O)[O-])c1.[Cl-]. The lowest BCUT2D eigenvalue weighted by molar-refractivity contribution is -0.689. The van der Waals surface area contributed by atoms with E-state index in [4.69, 9.17) is 4.74 Å². The monoisotopic (exact) mass is 440 g/mol. The molecule has 8 nitrogen and oxygen atoms in total.